The van der Waals surface area contributed by atoms with Crippen molar-refractivity contribution in [3.63, 3.8) is 0 Å². The lowest BCUT2D eigenvalue weighted by Crippen LogP contribution is -2.04. The zero-order chi connectivity index (χ0) is 9.42. The standard InChI is InChI=1S/C10H10FNO/c1-6(12)7-5-13-9-4-2-3-8(11)10(7)9/h2-6H,12H2,1H3. The zero-order valence-corrected chi connectivity index (χ0v) is 7.25. The van der Waals surface area contributed by atoms with Crippen LogP contribution < -0.4 is 5.73 Å². The summed E-state index contributed by atoms with van der Waals surface area (Å²) in [7, 11) is 0. The SMILES string of the molecule is CC(N)c1coc2cccc(F)c12. The molecule has 0 saturated carbocycles. The van der Waals surface area contributed by atoms with Crippen molar-refractivity contribution in [2.75, 3.05) is 0 Å². The van der Waals surface area contributed by atoms with Gasteiger partial charge in [-0.15, -0.1) is 0 Å². The summed E-state index contributed by atoms with van der Waals surface area (Å²) in [5.74, 6) is -0.279. The largest absolute Gasteiger partial charge is 0.464 e. The summed E-state index contributed by atoms with van der Waals surface area (Å²) >= 11 is 0. The molecule has 2 nitrogen and oxygen atoms in total. The van der Waals surface area contributed by atoms with Gasteiger partial charge in [0.2, 0.25) is 0 Å². The molecule has 2 N–H and O–H groups in total. The van der Waals surface area contributed by atoms with Crippen molar-refractivity contribution in [3.8, 4) is 0 Å². The van der Waals surface area contributed by atoms with E-state index in [1.807, 2.05) is 0 Å². The van der Waals surface area contributed by atoms with Gasteiger partial charge in [0.25, 0.3) is 0 Å². The van der Waals surface area contributed by atoms with E-state index in [0.717, 1.165) is 0 Å². The first-order valence-corrected chi connectivity index (χ1v) is 4.11. The Bertz CT molecular complexity index is 433. The van der Waals surface area contributed by atoms with Crippen LogP contribution in [-0.4, -0.2) is 0 Å². The molecule has 0 amide bonds. The molecule has 1 heterocycles. The van der Waals surface area contributed by atoms with Crippen molar-refractivity contribution in [3.05, 3.63) is 35.8 Å². The molecule has 0 fully saturated rings. The smallest absolute Gasteiger partial charge is 0.137 e. The van der Waals surface area contributed by atoms with Gasteiger partial charge < -0.3 is 10.2 Å². The van der Waals surface area contributed by atoms with Gasteiger partial charge in [-0.2, -0.15) is 0 Å². The summed E-state index contributed by atoms with van der Waals surface area (Å²) in [5.41, 5.74) is 6.93. The molecule has 0 bridgehead atoms. The maximum Gasteiger partial charge on any atom is 0.137 e. The topological polar surface area (TPSA) is 39.2 Å². The summed E-state index contributed by atoms with van der Waals surface area (Å²) in [4.78, 5) is 0. The van der Waals surface area contributed by atoms with Gasteiger partial charge in [-0.05, 0) is 19.1 Å². The molecule has 2 aromatic rings. The third kappa shape index (κ3) is 1.21. The van der Waals surface area contributed by atoms with E-state index in [1.54, 1.807) is 19.1 Å². The predicted octanol–water partition coefficient (Wildman–Crippen LogP) is 2.59. The normalized spacial score (nSPS) is 13.5. The number of benzene rings is 1. The van der Waals surface area contributed by atoms with E-state index in [2.05, 4.69) is 0 Å². The summed E-state index contributed by atoms with van der Waals surface area (Å²) < 4.78 is 18.5. The van der Waals surface area contributed by atoms with Gasteiger partial charge >= 0.3 is 0 Å². The number of nitrogens with two attached hydrogens (primary N) is 1. The molecule has 0 spiro atoms. The van der Waals surface area contributed by atoms with E-state index >= 15 is 0 Å². The fraction of sp³-hybridized carbons (Fsp3) is 0.200. The molecule has 1 aromatic carbocycles. The highest BCUT2D eigenvalue weighted by Crippen LogP contribution is 2.27. The number of hydrogen-bond donors (Lipinski definition) is 1. The van der Waals surface area contributed by atoms with Crippen LogP contribution in [0.4, 0.5) is 4.39 Å². The Morgan fingerprint density at radius 1 is 1.46 bits per heavy atom. The highest BCUT2D eigenvalue weighted by atomic mass is 19.1. The van der Waals surface area contributed by atoms with Crippen LogP contribution >= 0.6 is 0 Å². The lowest BCUT2D eigenvalue weighted by Gasteiger charge is -2.01. The van der Waals surface area contributed by atoms with E-state index in [-0.39, 0.29) is 11.9 Å². The van der Waals surface area contributed by atoms with Crippen LogP contribution in [0.3, 0.4) is 0 Å². The number of hydrogen-bond acceptors (Lipinski definition) is 2. The van der Waals surface area contributed by atoms with E-state index in [0.29, 0.717) is 16.5 Å². The monoisotopic (exact) mass is 179 g/mol. The summed E-state index contributed by atoms with van der Waals surface area (Å²) in [5, 5.41) is 0.498. The molecular weight excluding hydrogens is 169 g/mol. The highest BCUT2D eigenvalue weighted by molar-refractivity contribution is 5.82. The van der Waals surface area contributed by atoms with E-state index < -0.39 is 0 Å². The van der Waals surface area contributed by atoms with Gasteiger partial charge in [-0.1, -0.05) is 6.07 Å². The third-order valence-corrected chi connectivity index (χ3v) is 2.07. The van der Waals surface area contributed by atoms with Crippen molar-refractivity contribution in [2.45, 2.75) is 13.0 Å². The molecular formula is C10H10FNO. The average Bonchev–Trinajstić information content (AvgIpc) is 2.49. The van der Waals surface area contributed by atoms with Gasteiger partial charge in [0.1, 0.15) is 11.4 Å². The van der Waals surface area contributed by atoms with Crippen molar-refractivity contribution in [1.82, 2.24) is 0 Å². The van der Waals surface area contributed by atoms with Crippen molar-refractivity contribution in [2.24, 2.45) is 5.73 Å². The average molecular weight is 179 g/mol. The van der Waals surface area contributed by atoms with Crippen molar-refractivity contribution in [1.29, 1.82) is 0 Å². The van der Waals surface area contributed by atoms with Gasteiger partial charge in [-0.3, -0.25) is 0 Å². The lowest BCUT2D eigenvalue weighted by molar-refractivity contribution is 0.603. The second-order valence-electron chi connectivity index (χ2n) is 3.09. The maximum atomic E-state index is 13.3. The Kier molecular flexibility index (Phi) is 1.81. The fourth-order valence-corrected chi connectivity index (χ4v) is 1.40. The highest BCUT2D eigenvalue weighted by Gasteiger charge is 2.12. The second kappa shape index (κ2) is 2.85. The molecule has 2 rings (SSSR count). The van der Waals surface area contributed by atoms with Crippen LogP contribution in [0.5, 0.6) is 0 Å². The summed E-state index contributed by atoms with van der Waals surface area (Å²) in [6.07, 6.45) is 1.51. The Morgan fingerprint density at radius 2 is 2.23 bits per heavy atom. The minimum Gasteiger partial charge on any atom is -0.464 e. The summed E-state index contributed by atoms with van der Waals surface area (Å²) in [6.45, 7) is 1.80. The Morgan fingerprint density at radius 3 is 2.92 bits per heavy atom. The van der Waals surface area contributed by atoms with Gasteiger partial charge in [-0.25, -0.2) is 4.39 Å². The minimum atomic E-state index is -0.279. The van der Waals surface area contributed by atoms with Crippen LogP contribution in [0.25, 0.3) is 11.0 Å². The Labute approximate surface area is 75.1 Å². The molecule has 0 aliphatic carbocycles. The molecule has 0 aliphatic rings. The first-order valence-electron chi connectivity index (χ1n) is 4.11. The van der Waals surface area contributed by atoms with E-state index in [1.165, 1.54) is 12.3 Å². The Balaban J connectivity index is 2.79. The first kappa shape index (κ1) is 8.26. The maximum absolute atomic E-state index is 13.3. The number of rotatable bonds is 1. The first-order chi connectivity index (χ1) is 6.20. The predicted molar refractivity (Wildman–Crippen MR) is 48.8 cm³/mol. The lowest BCUT2D eigenvalue weighted by atomic mass is 10.1. The van der Waals surface area contributed by atoms with Crippen LogP contribution in [0, 0.1) is 5.82 Å². The molecule has 1 aromatic heterocycles. The minimum absolute atomic E-state index is 0.210. The third-order valence-electron chi connectivity index (χ3n) is 2.07. The van der Waals surface area contributed by atoms with E-state index in [9.17, 15) is 4.39 Å². The molecule has 1 unspecified atom stereocenters. The number of halogens is 1. The van der Waals surface area contributed by atoms with Gasteiger partial charge in [0.15, 0.2) is 0 Å². The molecule has 3 heteroatoms. The van der Waals surface area contributed by atoms with Crippen LogP contribution in [0.2, 0.25) is 0 Å². The summed E-state index contributed by atoms with van der Waals surface area (Å²) in [6, 6.07) is 4.54. The van der Waals surface area contributed by atoms with E-state index in [4.69, 9.17) is 10.2 Å². The second-order valence-corrected chi connectivity index (χ2v) is 3.09. The quantitative estimate of drug-likeness (QED) is 0.730. The molecule has 0 radical (unpaired) electrons. The molecule has 13 heavy (non-hydrogen) atoms. The molecule has 1 atom stereocenters. The Hall–Kier alpha value is -1.35. The van der Waals surface area contributed by atoms with Crippen LogP contribution in [-0.2, 0) is 0 Å². The molecule has 0 aliphatic heterocycles. The van der Waals surface area contributed by atoms with Crippen LogP contribution in [0.15, 0.2) is 28.9 Å². The van der Waals surface area contributed by atoms with Crippen molar-refractivity contribution >= 4 is 11.0 Å². The fourth-order valence-electron chi connectivity index (χ4n) is 1.40. The number of fused-ring (bicyclic) bond motifs is 1. The molecule has 68 valence electrons. The van der Waals surface area contributed by atoms with Crippen LogP contribution in [0.1, 0.15) is 18.5 Å². The van der Waals surface area contributed by atoms with Gasteiger partial charge in [0.05, 0.1) is 11.6 Å². The molecule has 0 saturated heterocycles. The van der Waals surface area contributed by atoms with Gasteiger partial charge in [0, 0.05) is 11.6 Å². The van der Waals surface area contributed by atoms with Crippen molar-refractivity contribution < 1.29 is 8.81 Å². The zero-order valence-electron chi connectivity index (χ0n) is 7.25. The number of furan rings is 1.